The van der Waals surface area contributed by atoms with Crippen molar-refractivity contribution in [2.24, 2.45) is 0 Å². The van der Waals surface area contributed by atoms with E-state index in [0.29, 0.717) is 10.8 Å². The van der Waals surface area contributed by atoms with Gasteiger partial charge in [0.25, 0.3) is 5.91 Å². The molecule has 0 fully saturated rings. The summed E-state index contributed by atoms with van der Waals surface area (Å²) in [4.78, 5) is 16.0. The van der Waals surface area contributed by atoms with Gasteiger partial charge in [0.2, 0.25) is 0 Å². The first-order chi connectivity index (χ1) is 10.2. The van der Waals surface area contributed by atoms with Crippen LogP contribution in [0.2, 0.25) is 0 Å². The van der Waals surface area contributed by atoms with Crippen molar-refractivity contribution < 1.29 is 4.79 Å². The molecular weight excluding hydrogens is 346 g/mol. The van der Waals surface area contributed by atoms with E-state index in [4.69, 9.17) is 0 Å². The molecule has 3 rings (SSSR count). The van der Waals surface area contributed by atoms with Gasteiger partial charge in [0.1, 0.15) is 0 Å². The molecule has 0 spiro atoms. The predicted octanol–water partition coefficient (Wildman–Crippen LogP) is 4.98. The molecule has 21 heavy (non-hydrogen) atoms. The van der Waals surface area contributed by atoms with Crippen LogP contribution in [-0.2, 0) is 0 Å². The molecule has 0 saturated heterocycles. The van der Waals surface area contributed by atoms with Gasteiger partial charge in [-0.2, -0.15) is 0 Å². The maximum Gasteiger partial charge on any atom is 0.259 e. The highest BCUT2D eigenvalue weighted by Crippen LogP contribution is 2.38. The van der Waals surface area contributed by atoms with E-state index in [2.05, 4.69) is 28.9 Å². The van der Waals surface area contributed by atoms with Crippen LogP contribution in [0.25, 0.3) is 0 Å². The van der Waals surface area contributed by atoms with Crippen molar-refractivity contribution in [1.29, 1.82) is 0 Å². The number of carbonyl (C=O) groups excluding carboxylic acids is 1. The van der Waals surface area contributed by atoms with Gasteiger partial charge in [0.15, 0.2) is 0 Å². The zero-order valence-electron chi connectivity index (χ0n) is 11.8. The van der Waals surface area contributed by atoms with Gasteiger partial charge in [-0.25, -0.2) is 0 Å². The number of hydrogen-bond acceptors (Lipinski definition) is 2. The molecule has 0 aliphatic carbocycles. The smallest absolute Gasteiger partial charge is 0.259 e. The molecule has 2 aromatic rings. The Bertz CT molecular complexity index is 673. The van der Waals surface area contributed by atoms with Gasteiger partial charge < -0.3 is 4.90 Å². The van der Waals surface area contributed by atoms with Crippen LogP contribution in [0.15, 0.2) is 57.9 Å². The number of nitrogens with zero attached hydrogens (tertiary/aromatic N) is 1. The minimum atomic E-state index is 0.0598. The molecule has 0 saturated carbocycles. The Labute approximate surface area is 137 Å². The molecule has 1 aliphatic rings. The number of halogens is 1. The van der Waals surface area contributed by atoms with E-state index in [-0.39, 0.29) is 5.91 Å². The van der Waals surface area contributed by atoms with Crippen molar-refractivity contribution >= 4 is 39.3 Å². The molecule has 1 amide bonds. The van der Waals surface area contributed by atoms with Gasteiger partial charge in [0, 0.05) is 21.2 Å². The first-order valence-corrected chi connectivity index (χ1v) is 8.66. The van der Waals surface area contributed by atoms with Gasteiger partial charge in [0.05, 0.1) is 11.3 Å². The highest BCUT2D eigenvalue weighted by molar-refractivity contribution is 9.10. The molecular formula is C17H16BrNOS. The molecule has 0 aromatic heterocycles. The second-order valence-corrected chi connectivity index (χ2v) is 7.46. The van der Waals surface area contributed by atoms with Gasteiger partial charge in [-0.05, 0) is 46.6 Å². The number of carbonyl (C=O) groups is 1. The minimum absolute atomic E-state index is 0.0598. The summed E-state index contributed by atoms with van der Waals surface area (Å²) in [6.07, 6.45) is 0.996. The molecule has 2 aromatic carbocycles. The summed E-state index contributed by atoms with van der Waals surface area (Å²) in [6.45, 7) is 2.97. The highest BCUT2D eigenvalue weighted by Gasteiger charge is 2.25. The van der Waals surface area contributed by atoms with Crippen LogP contribution in [0, 0.1) is 0 Å². The molecule has 0 bridgehead atoms. The van der Waals surface area contributed by atoms with E-state index in [9.17, 15) is 4.79 Å². The molecule has 1 atom stereocenters. The van der Waals surface area contributed by atoms with E-state index in [1.165, 1.54) is 4.90 Å². The number of fused-ring (bicyclic) bond motifs is 1. The second kappa shape index (κ2) is 6.24. The summed E-state index contributed by atoms with van der Waals surface area (Å²) in [5.41, 5.74) is 1.74. The quantitative estimate of drug-likeness (QED) is 0.713. The molecule has 1 heterocycles. The third-order valence-electron chi connectivity index (χ3n) is 3.59. The van der Waals surface area contributed by atoms with E-state index in [1.807, 2.05) is 59.1 Å². The minimum Gasteiger partial charge on any atom is -0.307 e. The Morgan fingerprint density at radius 1 is 1.19 bits per heavy atom. The molecule has 2 nitrogen and oxygen atoms in total. The van der Waals surface area contributed by atoms with Gasteiger partial charge in [-0.1, -0.05) is 31.2 Å². The Kier molecular flexibility index (Phi) is 4.36. The maximum atomic E-state index is 12.9. The number of amides is 1. The molecule has 0 radical (unpaired) electrons. The maximum absolute atomic E-state index is 12.9. The van der Waals surface area contributed by atoms with Crippen molar-refractivity contribution in [3.8, 4) is 0 Å². The lowest BCUT2D eigenvalue weighted by Gasteiger charge is -2.23. The average Bonchev–Trinajstić information content (AvgIpc) is 2.65. The zero-order valence-corrected chi connectivity index (χ0v) is 14.2. The average molecular weight is 362 g/mol. The van der Waals surface area contributed by atoms with Crippen molar-refractivity contribution in [2.75, 3.05) is 11.4 Å². The number of thioether (sulfide) groups is 1. The van der Waals surface area contributed by atoms with Crippen LogP contribution in [0.3, 0.4) is 0 Å². The summed E-state index contributed by atoms with van der Waals surface area (Å²) in [5, 5.41) is 0.517. The normalized spacial score (nSPS) is 18.0. The lowest BCUT2D eigenvalue weighted by atomic mass is 10.1. The number of rotatable bonds is 1. The Balaban J connectivity index is 2.02. The molecule has 1 aliphatic heterocycles. The van der Waals surface area contributed by atoms with E-state index < -0.39 is 0 Å². The summed E-state index contributed by atoms with van der Waals surface area (Å²) >= 11 is 5.33. The zero-order chi connectivity index (χ0) is 14.8. The summed E-state index contributed by atoms with van der Waals surface area (Å²) in [5.74, 6) is 0.0598. The van der Waals surface area contributed by atoms with Crippen molar-refractivity contribution in [3.05, 3.63) is 58.6 Å². The Morgan fingerprint density at radius 2 is 1.90 bits per heavy atom. The fourth-order valence-electron chi connectivity index (χ4n) is 2.48. The number of hydrogen-bond donors (Lipinski definition) is 0. The van der Waals surface area contributed by atoms with Crippen LogP contribution in [0.5, 0.6) is 0 Å². The van der Waals surface area contributed by atoms with Crippen molar-refractivity contribution in [2.45, 2.75) is 23.5 Å². The standard InChI is InChI=1S/C17H16BrNOS/c1-12-10-11-19(15-8-4-5-9-16(15)21-12)17(20)13-6-2-3-7-14(13)18/h2-9,12H,10-11H2,1H3/t12-/m0/s1. The molecule has 108 valence electrons. The molecule has 0 unspecified atom stereocenters. The first kappa shape index (κ1) is 14.7. The SMILES string of the molecule is C[C@H]1CCN(C(=O)c2ccccc2Br)c2ccccc2S1. The fraction of sp³-hybridized carbons (Fsp3) is 0.235. The first-order valence-electron chi connectivity index (χ1n) is 6.99. The molecule has 0 N–H and O–H groups in total. The predicted molar refractivity (Wildman–Crippen MR) is 92.2 cm³/mol. The second-order valence-electron chi connectivity index (χ2n) is 5.12. The Morgan fingerprint density at radius 3 is 2.71 bits per heavy atom. The van der Waals surface area contributed by atoms with Gasteiger partial charge in [-0.15, -0.1) is 11.8 Å². The molecule has 4 heteroatoms. The topological polar surface area (TPSA) is 20.3 Å². The van der Waals surface area contributed by atoms with E-state index in [1.54, 1.807) is 0 Å². The van der Waals surface area contributed by atoms with Crippen LogP contribution in [0.4, 0.5) is 5.69 Å². The Hall–Kier alpha value is -1.26. The third kappa shape index (κ3) is 3.01. The monoisotopic (exact) mass is 361 g/mol. The van der Waals surface area contributed by atoms with Crippen LogP contribution >= 0.6 is 27.7 Å². The summed E-state index contributed by atoms with van der Waals surface area (Å²) in [7, 11) is 0. The largest absolute Gasteiger partial charge is 0.307 e. The van der Waals surface area contributed by atoms with Crippen molar-refractivity contribution in [1.82, 2.24) is 0 Å². The van der Waals surface area contributed by atoms with E-state index >= 15 is 0 Å². The number of para-hydroxylation sites is 1. The van der Waals surface area contributed by atoms with Gasteiger partial charge >= 0.3 is 0 Å². The lowest BCUT2D eigenvalue weighted by molar-refractivity contribution is 0.0985. The summed E-state index contributed by atoms with van der Waals surface area (Å²) in [6, 6.07) is 15.8. The fourth-order valence-corrected chi connectivity index (χ4v) is 4.05. The number of anilines is 1. The van der Waals surface area contributed by atoms with E-state index in [0.717, 1.165) is 23.1 Å². The summed E-state index contributed by atoms with van der Waals surface area (Å²) < 4.78 is 0.845. The van der Waals surface area contributed by atoms with Crippen LogP contribution in [0.1, 0.15) is 23.7 Å². The highest BCUT2D eigenvalue weighted by atomic mass is 79.9. The van der Waals surface area contributed by atoms with Crippen LogP contribution < -0.4 is 4.90 Å². The van der Waals surface area contributed by atoms with Gasteiger partial charge in [-0.3, -0.25) is 4.79 Å². The van der Waals surface area contributed by atoms with Crippen LogP contribution in [-0.4, -0.2) is 17.7 Å². The van der Waals surface area contributed by atoms with Crippen molar-refractivity contribution in [3.63, 3.8) is 0 Å². The lowest BCUT2D eigenvalue weighted by Crippen LogP contribution is -2.32. The number of benzene rings is 2. The third-order valence-corrected chi connectivity index (χ3v) is 5.52.